The molecule has 0 saturated heterocycles. The van der Waals surface area contributed by atoms with Crippen LogP contribution in [0.5, 0.6) is 0 Å². The number of aromatic nitrogens is 3. The highest BCUT2D eigenvalue weighted by Gasteiger charge is 2.10. The highest BCUT2D eigenvalue weighted by molar-refractivity contribution is 5.67. The molecular formula is C22H27N5O. The molecule has 28 heavy (non-hydrogen) atoms. The maximum absolute atomic E-state index is 9.34. The number of pyridine rings is 1. The molecule has 1 aromatic carbocycles. The maximum atomic E-state index is 9.34. The minimum atomic E-state index is -0.149. The number of aliphatic hydroxyl groups excluding tert-OH is 1. The summed E-state index contributed by atoms with van der Waals surface area (Å²) in [6.45, 7) is 8.39. The zero-order valence-corrected chi connectivity index (χ0v) is 16.8. The number of hydrogen-bond donors (Lipinski definition) is 3. The fourth-order valence-corrected chi connectivity index (χ4v) is 3.05. The average molecular weight is 377 g/mol. The van der Waals surface area contributed by atoms with Gasteiger partial charge in [-0.15, -0.1) is 0 Å². The lowest BCUT2D eigenvalue weighted by molar-refractivity contribution is 0.281. The van der Waals surface area contributed by atoms with Gasteiger partial charge in [-0.25, -0.2) is 4.98 Å². The van der Waals surface area contributed by atoms with Crippen LogP contribution in [0.1, 0.15) is 37.8 Å². The summed E-state index contributed by atoms with van der Waals surface area (Å²) in [6, 6.07) is 11.9. The molecule has 2 heterocycles. The Labute approximate surface area is 166 Å². The van der Waals surface area contributed by atoms with Crippen molar-refractivity contribution in [2.75, 3.05) is 17.2 Å². The number of benzene rings is 1. The lowest BCUT2D eigenvalue weighted by Gasteiger charge is -2.15. The van der Waals surface area contributed by atoms with E-state index in [-0.39, 0.29) is 12.6 Å². The van der Waals surface area contributed by atoms with Gasteiger partial charge >= 0.3 is 0 Å². The first-order chi connectivity index (χ1) is 13.5. The highest BCUT2D eigenvalue weighted by Crippen LogP contribution is 2.26. The van der Waals surface area contributed by atoms with Crippen LogP contribution >= 0.6 is 0 Å². The average Bonchev–Trinajstić information content (AvgIpc) is 2.68. The minimum Gasteiger partial charge on any atom is -0.394 e. The van der Waals surface area contributed by atoms with Crippen LogP contribution in [0.2, 0.25) is 0 Å². The van der Waals surface area contributed by atoms with Gasteiger partial charge < -0.3 is 15.7 Å². The Morgan fingerprint density at radius 3 is 2.54 bits per heavy atom. The largest absolute Gasteiger partial charge is 0.394 e. The number of hydrogen-bond acceptors (Lipinski definition) is 6. The molecule has 0 spiro atoms. The van der Waals surface area contributed by atoms with Crippen molar-refractivity contribution >= 4 is 17.5 Å². The van der Waals surface area contributed by atoms with Gasteiger partial charge in [0.1, 0.15) is 5.82 Å². The first-order valence-corrected chi connectivity index (χ1v) is 9.50. The second kappa shape index (κ2) is 8.80. The van der Waals surface area contributed by atoms with Crippen LogP contribution in [0, 0.1) is 6.92 Å². The van der Waals surface area contributed by atoms with E-state index in [0.717, 1.165) is 16.9 Å². The Hall–Kier alpha value is -2.99. The molecule has 0 amide bonds. The summed E-state index contributed by atoms with van der Waals surface area (Å²) in [5.74, 6) is 1.63. The van der Waals surface area contributed by atoms with E-state index in [4.69, 9.17) is 0 Å². The summed E-state index contributed by atoms with van der Waals surface area (Å²) in [7, 11) is 0. The van der Waals surface area contributed by atoms with E-state index in [9.17, 15) is 5.11 Å². The summed E-state index contributed by atoms with van der Waals surface area (Å²) < 4.78 is 0. The fraction of sp³-hybridized carbons (Fsp3) is 0.318. The van der Waals surface area contributed by atoms with Gasteiger partial charge in [0, 0.05) is 35.8 Å². The van der Waals surface area contributed by atoms with Crippen LogP contribution in [0.4, 0.5) is 17.5 Å². The topological polar surface area (TPSA) is 83.0 Å². The van der Waals surface area contributed by atoms with Gasteiger partial charge in [0.05, 0.1) is 12.3 Å². The van der Waals surface area contributed by atoms with Crippen LogP contribution in [0.25, 0.3) is 11.3 Å². The SMILES string of the molecule is Cc1cc(Nc2cc(-c3cccnc3)nc(N[C@H](C)CO)n2)ccc1C(C)C. The van der Waals surface area contributed by atoms with E-state index in [1.807, 2.05) is 25.1 Å². The van der Waals surface area contributed by atoms with Crippen LogP contribution < -0.4 is 10.6 Å². The molecule has 6 nitrogen and oxygen atoms in total. The molecule has 3 rings (SSSR count). The van der Waals surface area contributed by atoms with E-state index >= 15 is 0 Å². The van der Waals surface area contributed by atoms with E-state index in [0.29, 0.717) is 17.7 Å². The van der Waals surface area contributed by atoms with Crippen LogP contribution in [-0.2, 0) is 0 Å². The van der Waals surface area contributed by atoms with Crippen molar-refractivity contribution in [2.24, 2.45) is 0 Å². The third-order valence-electron chi connectivity index (χ3n) is 4.50. The predicted molar refractivity (Wildman–Crippen MR) is 114 cm³/mol. The van der Waals surface area contributed by atoms with Gasteiger partial charge in [-0.1, -0.05) is 19.9 Å². The molecule has 6 heteroatoms. The molecule has 0 bridgehead atoms. The molecule has 0 aliphatic heterocycles. The van der Waals surface area contributed by atoms with E-state index in [2.05, 4.69) is 64.6 Å². The molecule has 3 aromatic rings. The second-order valence-electron chi connectivity index (χ2n) is 7.28. The summed E-state index contributed by atoms with van der Waals surface area (Å²) in [5, 5.41) is 15.9. The molecule has 0 fully saturated rings. The van der Waals surface area contributed by atoms with E-state index in [1.165, 1.54) is 11.1 Å². The van der Waals surface area contributed by atoms with Gasteiger partial charge in [0.2, 0.25) is 5.95 Å². The quantitative estimate of drug-likeness (QED) is 0.562. The molecule has 146 valence electrons. The number of aliphatic hydroxyl groups is 1. The number of nitrogens with one attached hydrogen (secondary N) is 2. The van der Waals surface area contributed by atoms with Gasteiger partial charge in [0.15, 0.2) is 0 Å². The van der Waals surface area contributed by atoms with Gasteiger partial charge in [-0.2, -0.15) is 4.98 Å². The van der Waals surface area contributed by atoms with Crippen molar-refractivity contribution in [2.45, 2.75) is 39.7 Å². The van der Waals surface area contributed by atoms with Crippen LogP contribution in [0.15, 0.2) is 48.8 Å². The minimum absolute atomic E-state index is 0.000892. The smallest absolute Gasteiger partial charge is 0.225 e. The molecule has 2 aromatic heterocycles. The van der Waals surface area contributed by atoms with Crippen molar-refractivity contribution < 1.29 is 5.11 Å². The maximum Gasteiger partial charge on any atom is 0.225 e. The fourth-order valence-electron chi connectivity index (χ4n) is 3.05. The number of nitrogens with zero attached hydrogens (tertiary/aromatic N) is 3. The number of aryl methyl sites for hydroxylation is 1. The first kappa shape index (κ1) is 19.8. The van der Waals surface area contributed by atoms with Crippen molar-refractivity contribution in [1.82, 2.24) is 15.0 Å². The number of anilines is 3. The van der Waals surface area contributed by atoms with E-state index in [1.54, 1.807) is 12.4 Å². The Morgan fingerprint density at radius 2 is 1.89 bits per heavy atom. The van der Waals surface area contributed by atoms with Crippen molar-refractivity contribution in [3.8, 4) is 11.3 Å². The Kier molecular flexibility index (Phi) is 6.21. The van der Waals surface area contributed by atoms with Gasteiger partial charge in [0.25, 0.3) is 0 Å². The summed E-state index contributed by atoms with van der Waals surface area (Å²) >= 11 is 0. The van der Waals surface area contributed by atoms with Gasteiger partial charge in [-0.3, -0.25) is 4.98 Å². The summed E-state index contributed by atoms with van der Waals surface area (Å²) in [6.07, 6.45) is 3.50. The highest BCUT2D eigenvalue weighted by atomic mass is 16.3. The zero-order chi connectivity index (χ0) is 20.1. The van der Waals surface area contributed by atoms with Crippen molar-refractivity contribution in [3.63, 3.8) is 0 Å². The molecule has 3 N–H and O–H groups in total. The van der Waals surface area contributed by atoms with Crippen LogP contribution in [-0.4, -0.2) is 32.7 Å². The molecule has 0 saturated carbocycles. The zero-order valence-electron chi connectivity index (χ0n) is 16.8. The molecule has 1 atom stereocenters. The van der Waals surface area contributed by atoms with E-state index < -0.39 is 0 Å². The van der Waals surface area contributed by atoms with Crippen molar-refractivity contribution in [3.05, 3.63) is 59.9 Å². The Bertz CT molecular complexity index is 927. The summed E-state index contributed by atoms with van der Waals surface area (Å²) in [4.78, 5) is 13.3. The third kappa shape index (κ3) is 4.84. The molecular weight excluding hydrogens is 350 g/mol. The van der Waals surface area contributed by atoms with Crippen molar-refractivity contribution in [1.29, 1.82) is 0 Å². The molecule has 0 radical (unpaired) electrons. The molecule has 0 aliphatic carbocycles. The second-order valence-corrected chi connectivity index (χ2v) is 7.28. The third-order valence-corrected chi connectivity index (χ3v) is 4.50. The Morgan fingerprint density at radius 1 is 1.07 bits per heavy atom. The number of rotatable bonds is 7. The normalized spacial score (nSPS) is 12.1. The summed E-state index contributed by atoms with van der Waals surface area (Å²) in [5.41, 5.74) is 5.21. The monoisotopic (exact) mass is 377 g/mol. The predicted octanol–water partition coefficient (Wildman–Crippen LogP) is 4.51. The molecule has 0 unspecified atom stereocenters. The first-order valence-electron chi connectivity index (χ1n) is 9.50. The van der Waals surface area contributed by atoms with Crippen LogP contribution in [0.3, 0.4) is 0 Å². The lowest BCUT2D eigenvalue weighted by atomic mass is 9.98. The molecule has 0 aliphatic rings. The lowest BCUT2D eigenvalue weighted by Crippen LogP contribution is -2.21. The Balaban J connectivity index is 1.95. The standard InChI is InChI=1S/C22H27N5O/c1-14(2)19-8-7-18(10-15(19)3)25-21-11-20(17-6-5-9-23-12-17)26-22(27-21)24-16(4)13-28/h5-12,14,16,28H,13H2,1-4H3,(H2,24,25,26,27)/t16-/m1/s1. The van der Waals surface area contributed by atoms with Gasteiger partial charge in [-0.05, 0) is 55.2 Å².